The van der Waals surface area contributed by atoms with Crippen molar-refractivity contribution in [2.24, 2.45) is 0 Å². The highest BCUT2D eigenvalue weighted by molar-refractivity contribution is 7.80. The Kier molecular flexibility index (Phi) is 4.39. The van der Waals surface area contributed by atoms with Gasteiger partial charge in [-0.15, -0.1) is 12.6 Å². The van der Waals surface area contributed by atoms with E-state index in [2.05, 4.69) is 23.4 Å². The molecule has 0 heterocycles. The summed E-state index contributed by atoms with van der Waals surface area (Å²) in [5, 5.41) is 8.83. The van der Waals surface area contributed by atoms with Gasteiger partial charge in [-0.25, -0.2) is 0 Å². The number of benzene rings is 1. The fourth-order valence-corrected chi connectivity index (χ4v) is 1.88. The van der Waals surface area contributed by atoms with Crippen molar-refractivity contribution < 1.29 is 9.53 Å². The predicted octanol–water partition coefficient (Wildman–Crippen LogP) is 2.12. The number of rotatable bonds is 3. The van der Waals surface area contributed by atoms with Crippen LogP contribution in [-0.4, -0.2) is 13.1 Å². The van der Waals surface area contributed by atoms with Crippen LogP contribution in [-0.2, 0) is 22.4 Å². The second kappa shape index (κ2) is 5.57. The highest BCUT2D eigenvalue weighted by Crippen LogP contribution is 2.22. The summed E-state index contributed by atoms with van der Waals surface area (Å²) in [6, 6.07) is 5.53. The Bertz CT molecular complexity index is 449. The quantitative estimate of drug-likeness (QED) is 0.645. The van der Waals surface area contributed by atoms with Crippen LogP contribution in [0, 0.1) is 11.3 Å². The Hall–Kier alpha value is -1.47. The molecule has 1 rings (SSSR count). The van der Waals surface area contributed by atoms with Gasteiger partial charge in [0.25, 0.3) is 0 Å². The summed E-state index contributed by atoms with van der Waals surface area (Å²) in [5.74, 6) is -0.297. The maximum absolute atomic E-state index is 11.2. The molecule has 0 aromatic heterocycles. The molecule has 0 atom stereocenters. The Morgan fingerprint density at radius 3 is 2.75 bits per heavy atom. The molecule has 4 heteroatoms. The molecule has 0 aliphatic carbocycles. The van der Waals surface area contributed by atoms with Crippen LogP contribution in [0.4, 0.5) is 0 Å². The Labute approximate surface area is 100 Å². The first-order chi connectivity index (χ1) is 7.62. The van der Waals surface area contributed by atoms with Crippen molar-refractivity contribution in [2.75, 3.05) is 7.11 Å². The van der Waals surface area contributed by atoms with E-state index in [0.29, 0.717) is 10.5 Å². The third-order valence-electron chi connectivity index (χ3n) is 2.38. The summed E-state index contributed by atoms with van der Waals surface area (Å²) >= 11 is 4.30. The van der Waals surface area contributed by atoms with E-state index in [-0.39, 0.29) is 12.4 Å². The third-order valence-corrected chi connectivity index (χ3v) is 2.78. The molecule has 0 saturated heterocycles. The molecule has 0 saturated carbocycles. The van der Waals surface area contributed by atoms with E-state index in [9.17, 15) is 4.79 Å². The SMILES string of the molecule is CCc1cc(C#N)cc(S)c1CC(=O)OC. The van der Waals surface area contributed by atoms with Crippen LogP contribution in [0.3, 0.4) is 0 Å². The first kappa shape index (κ1) is 12.6. The molecule has 0 fully saturated rings. The zero-order valence-electron chi connectivity index (χ0n) is 9.28. The first-order valence-corrected chi connectivity index (χ1v) is 5.38. The molecule has 0 aliphatic heterocycles. The smallest absolute Gasteiger partial charge is 0.310 e. The number of ether oxygens (including phenoxy) is 1. The molecule has 0 radical (unpaired) electrons. The lowest BCUT2D eigenvalue weighted by atomic mass is 9.99. The van der Waals surface area contributed by atoms with Gasteiger partial charge >= 0.3 is 5.97 Å². The van der Waals surface area contributed by atoms with E-state index >= 15 is 0 Å². The molecule has 1 aromatic rings. The van der Waals surface area contributed by atoms with Crippen molar-refractivity contribution in [1.29, 1.82) is 5.26 Å². The monoisotopic (exact) mass is 235 g/mol. The normalized spacial score (nSPS) is 9.62. The standard InChI is InChI=1S/C12H13NO2S/c1-3-9-4-8(7-13)5-11(16)10(9)6-12(14)15-2/h4-5,16H,3,6H2,1-2H3. The van der Waals surface area contributed by atoms with Crippen LogP contribution in [0.1, 0.15) is 23.6 Å². The lowest BCUT2D eigenvalue weighted by Gasteiger charge is -2.10. The predicted molar refractivity (Wildman–Crippen MR) is 63.5 cm³/mol. The van der Waals surface area contributed by atoms with Crippen LogP contribution < -0.4 is 0 Å². The van der Waals surface area contributed by atoms with Crippen LogP contribution in [0.2, 0.25) is 0 Å². The summed E-state index contributed by atoms with van der Waals surface area (Å²) in [4.78, 5) is 11.9. The molecule has 0 unspecified atom stereocenters. The van der Waals surface area contributed by atoms with Gasteiger partial charge in [0.05, 0.1) is 25.2 Å². The average Bonchev–Trinajstić information content (AvgIpc) is 2.30. The number of thiol groups is 1. The third kappa shape index (κ3) is 2.77. The summed E-state index contributed by atoms with van der Waals surface area (Å²) in [5.41, 5.74) is 2.38. The Morgan fingerprint density at radius 1 is 1.56 bits per heavy atom. The van der Waals surface area contributed by atoms with E-state index in [1.54, 1.807) is 12.1 Å². The maximum Gasteiger partial charge on any atom is 0.310 e. The number of nitriles is 1. The Balaban J connectivity index is 3.17. The summed E-state index contributed by atoms with van der Waals surface area (Å²) in [6.45, 7) is 1.98. The first-order valence-electron chi connectivity index (χ1n) is 4.94. The van der Waals surface area contributed by atoms with Crippen molar-refractivity contribution in [3.63, 3.8) is 0 Å². The lowest BCUT2D eigenvalue weighted by Crippen LogP contribution is -2.08. The summed E-state index contributed by atoms with van der Waals surface area (Å²) in [6.07, 6.45) is 0.958. The van der Waals surface area contributed by atoms with Gasteiger partial charge < -0.3 is 4.74 Å². The van der Waals surface area contributed by atoms with Crippen LogP contribution in [0.15, 0.2) is 17.0 Å². The Morgan fingerprint density at radius 2 is 2.25 bits per heavy atom. The van der Waals surface area contributed by atoms with Crippen LogP contribution in [0.25, 0.3) is 0 Å². The molecular formula is C12H13NO2S. The second-order valence-corrected chi connectivity index (χ2v) is 3.83. The number of aryl methyl sites for hydroxylation is 1. The van der Waals surface area contributed by atoms with Gasteiger partial charge in [-0.3, -0.25) is 4.79 Å². The van der Waals surface area contributed by atoms with E-state index in [0.717, 1.165) is 17.5 Å². The number of hydrogen-bond acceptors (Lipinski definition) is 4. The molecule has 3 nitrogen and oxygen atoms in total. The largest absolute Gasteiger partial charge is 0.469 e. The molecule has 1 aromatic carbocycles. The fourth-order valence-electron chi connectivity index (χ4n) is 1.52. The molecule has 16 heavy (non-hydrogen) atoms. The minimum absolute atomic E-state index is 0.199. The van der Waals surface area contributed by atoms with Gasteiger partial charge in [0.1, 0.15) is 0 Å². The lowest BCUT2D eigenvalue weighted by molar-refractivity contribution is -0.139. The van der Waals surface area contributed by atoms with E-state index in [4.69, 9.17) is 5.26 Å². The highest BCUT2D eigenvalue weighted by Gasteiger charge is 2.12. The molecule has 0 bridgehead atoms. The van der Waals surface area contributed by atoms with Crippen molar-refractivity contribution in [3.8, 4) is 6.07 Å². The van der Waals surface area contributed by atoms with Gasteiger partial charge in [0.2, 0.25) is 0 Å². The summed E-state index contributed by atoms with van der Waals surface area (Å²) < 4.78 is 4.63. The maximum atomic E-state index is 11.2. The summed E-state index contributed by atoms with van der Waals surface area (Å²) in [7, 11) is 1.36. The molecule has 0 aliphatic rings. The van der Waals surface area contributed by atoms with Gasteiger partial charge in [-0.1, -0.05) is 6.92 Å². The van der Waals surface area contributed by atoms with Crippen molar-refractivity contribution in [3.05, 3.63) is 28.8 Å². The van der Waals surface area contributed by atoms with Gasteiger partial charge in [0, 0.05) is 4.90 Å². The molecule has 84 valence electrons. The minimum atomic E-state index is -0.297. The number of carbonyl (C=O) groups excluding carboxylic acids is 1. The topological polar surface area (TPSA) is 50.1 Å². The molecular weight excluding hydrogens is 222 g/mol. The van der Waals surface area contributed by atoms with Crippen molar-refractivity contribution >= 4 is 18.6 Å². The number of esters is 1. The van der Waals surface area contributed by atoms with Crippen molar-refractivity contribution in [1.82, 2.24) is 0 Å². The number of hydrogen-bond donors (Lipinski definition) is 1. The van der Waals surface area contributed by atoms with Gasteiger partial charge in [0.15, 0.2) is 0 Å². The van der Waals surface area contributed by atoms with E-state index in [1.807, 2.05) is 6.92 Å². The zero-order chi connectivity index (χ0) is 12.1. The number of nitrogens with zero attached hydrogens (tertiary/aromatic N) is 1. The fraction of sp³-hybridized carbons (Fsp3) is 0.333. The highest BCUT2D eigenvalue weighted by atomic mass is 32.1. The number of carbonyl (C=O) groups is 1. The average molecular weight is 235 g/mol. The van der Waals surface area contributed by atoms with Gasteiger partial charge in [-0.05, 0) is 29.7 Å². The molecule has 0 spiro atoms. The van der Waals surface area contributed by atoms with Crippen LogP contribution >= 0.6 is 12.6 Å². The van der Waals surface area contributed by atoms with Gasteiger partial charge in [-0.2, -0.15) is 5.26 Å². The van der Waals surface area contributed by atoms with Crippen LogP contribution in [0.5, 0.6) is 0 Å². The van der Waals surface area contributed by atoms with E-state index in [1.165, 1.54) is 7.11 Å². The van der Waals surface area contributed by atoms with Crippen molar-refractivity contribution in [2.45, 2.75) is 24.7 Å². The second-order valence-electron chi connectivity index (χ2n) is 3.35. The molecule has 0 amide bonds. The minimum Gasteiger partial charge on any atom is -0.469 e. The number of methoxy groups -OCH3 is 1. The zero-order valence-corrected chi connectivity index (χ0v) is 10.2. The van der Waals surface area contributed by atoms with E-state index < -0.39 is 0 Å². The molecule has 0 N–H and O–H groups in total.